The van der Waals surface area contributed by atoms with E-state index in [4.69, 9.17) is 10.2 Å². The van der Waals surface area contributed by atoms with E-state index in [9.17, 15) is 0 Å². The van der Waals surface area contributed by atoms with Crippen LogP contribution in [0.25, 0.3) is 11.4 Å². The molecule has 4 atom stereocenters. The van der Waals surface area contributed by atoms with Crippen molar-refractivity contribution in [3.63, 3.8) is 0 Å². The molecule has 0 bridgehead atoms. The minimum atomic E-state index is 0.00790. The number of hydrogen-bond acceptors (Lipinski definition) is 6. The zero-order chi connectivity index (χ0) is 36.2. The minimum Gasteiger partial charge on any atom is -0.377 e. The van der Waals surface area contributed by atoms with E-state index in [1.165, 1.54) is 54.8 Å². The summed E-state index contributed by atoms with van der Waals surface area (Å²) in [5.41, 5.74) is 15.3. The number of anilines is 2. The average Bonchev–Trinajstić information content (AvgIpc) is 3.69. The summed E-state index contributed by atoms with van der Waals surface area (Å²) in [6.45, 7) is 14.2. The van der Waals surface area contributed by atoms with E-state index < -0.39 is 0 Å². The van der Waals surface area contributed by atoms with Gasteiger partial charge < -0.3 is 10.6 Å². The summed E-state index contributed by atoms with van der Waals surface area (Å²) in [6, 6.07) is 35.9. The Balaban J connectivity index is 0.937. The van der Waals surface area contributed by atoms with E-state index in [1.807, 2.05) is 23.5 Å². The van der Waals surface area contributed by atoms with Gasteiger partial charge in [0.1, 0.15) is 10.1 Å². The lowest BCUT2D eigenvalue weighted by atomic mass is 9.65. The van der Waals surface area contributed by atoms with Crippen LogP contribution in [0.3, 0.4) is 0 Å². The Kier molecular flexibility index (Phi) is 7.55. The number of para-hydroxylation sites is 2. The summed E-state index contributed by atoms with van der Waals surface area (Å²) in [5, 5.41) is 20.7. The molecule has 4 aromatic carbocycles. The van der Waals surface area contributed by atoms with Gasteiger partial charge in [0.2, 0.25) is 0 Å². The molecule has 6 aromatic rings. The van der Waals surface area contributed by atoms with Gasteiger partial charge in [-0.05, 0) is 89.8 Å². The first-order chi connectivity index (χ1) is 25.6. The van der Waals surface area contributed by atoms with E-state index in [2.05, 4.69) is 159 Å². The molecule has 53 heavy (non-hydrogen) atoms. The highest BCUT2D eigenvalue weighted by Gasteiger charge is 2.49. The number of fused-ring (bicyclic) bond motifs is 8. The fraction of sp³-hybridized carbons (Fsp3) is 0.333. The molecule has 4 aliphatic rings. The highest BCUT2D eigenvalue weighted by atomic mass is 32.2. The van der Waals surface area contributed by atoms with Crippen molar-refractivity contribution in [3.8, 4) is 11.4 Å². The van der Waals surface area contributed by atoms with E-state index >= 15 is 0 Å². The number of nitrogens with zero attached hydrogens (tertiary/aromatic N) is 4. The molecular weight excluding hydrogens is 689 g/mol. The van der Waals surface area contributed by atoms with Crippen LogP contribution in [0, 0.1) is 25.7 Å². The first-order valence-electron chi connectivity index (χ1n) is 18.9. The van der Waals surface area contributed by atoms with E-state index in [0.717, 1.165) is 40.7 Å². The highest BCUT2D eigenvalue weighted by Crippen LogP contribution is 2.57. The SMILES string of the molecule is Cc1nn(-c2ccccc2)c2c1[C@@H]1Nc3ccc(Cc4ccc5c(c4)C(C)(C)[C@@H]4CSc6c(c(C)nn6-c6ccccc6)[C@@H]4N5)cc3C(C)(C)[C@@H]1CS2. The van der Waals surface area contributed by atoms with Crippen LogP contribution in [0.2, 0.25) is 0 Å². The topological polar surface area (TPSA) is 59.7 Å². The number of nitrogens with one attached hydrogen (secondary N) is 2. The van der Waals surface area contributed by atoms with Crippen molar-refractivity contribution < 1.29 is 0 Å². The molecule has 6 nitrogen and oxygen atoms in total. The first kappa shape index (κ1) is 33.2. The number of rotatable bonds is 4. The maximum absolute atomic E-state index is 5.05. The molecule has 6 heterocycles. The number of aryl methyl sites for hydroxylation is 2. The van der Waals surface area contributed by atoms with Crippen LogP contribution in [0.4, 0.5) is 11.4 Å². The van der Waals surface area contributed by atoms with Gasteiger partial charge in [0, 0.05) is 45.8 Å². The number of benzene rings is 4. The summed E-state index contributed by atoms with van der Waals surface area (Å²) in [7, 11) is 0. The summed E-state index contributed by atoms with van der Waals surface area (Å²) < 4.78 is 4.30. The molecule has 2 N–H and O–H groups in total. The molecule has 0 unspecified atom stereocenters. The minimum absolute atomic E-state index is 0.00790. The molecule has 0 amide bonds. The Morgan fingerprint density at radius 1 is 0.604 bits per heavy atom. The molecular formula is C45H46N6S2. The zero-order valence-electron chi connectivity index (χ0n) is 31.3. The van der Waals surface area contributed by atoms with Crippen LogP contribution < -0.4 is 10.6 Å². The normalized spacial score (nSPS) is 22.9. The molecule has 0 fully saturated rings. The second-order valence-electron chi connectivity index (χ2n) is 16.6. The quantitative estimate of drug-likeness (QED) is 0.188. The van der Waals surface area contributed by atoms with Crippen LogP contribution in [-0.4, -0.2) is 31.1 Å². The van der Waals surface area contributed by atoms with Crippen LogP contribution >= 0.6 is 23.5 Å². The molecule has 268 valence electrons. The lowest BCUT2D eigenvalue weighted by Crippen LogP contribution is -2.44. The fourth-order valence-electron chi connectivity index (χ4n) is 9.74. The van der Waals surface area contributed by atoms with Crippen LogP contribution in [0.5, 0.6) is 0 Å². The molecule has 0 spiro atoms. The zero-order valence-corrected chi connectivity index (χ0v) is 32.9. The van der Waals surface area contributed by atoms with Gasteiger partial charge in [0.25, 0.3) is 0 Å². The van der Waals surface area contributed by atoms with Crippen molar-refractivity contribution in [1.29, 1.82) is 0 Å². The maximum atomic E-state index is 5.05. The number of aromatic nitrogens is 4. The van der Waals surface area contributed by atoms with Crippen molar-refractivity contribution in [2.75, 3.05) is 22.1 Å². The molecule has 0 saturated heterocycles. The van der Waals surface area contributed by atoms with Crippen molar-refractivity contribution in [1.82, 2.24) is 19.6 Å². The van der Waals surface area contributed by atoms with Crippen LogP contribution in [-0.2, 0) is 17.3 Å². The summed E-state index contributed by atoms with van der Waals surface area (Å²) in [4.78, 5) is 0. The summed E-state index contributed by atoms with van der Waals surface area (Å²) >= 11 is 3.93. The third-order valence-corrected chi connectivity index (χ3v) is 15.2. The predicted molar refractivity (Wildman–Crippen MR) is 219 cm³/mol. The molecule has 0 aliphatic carbocycles. The largest absolute Gasteiger partial charge is 0.377 e. The second-order valence-corrected chi connectivity index (χ2v) is 18.6. The number of hydrogen-bond donors (Lipinski definition) is 2. The van der Waals surface area contributed by atoms with Gasteiger partial charge in [0.05, 0.1) is 34.8 Å². The van der Waals surface area contributed by atoms with Gasteiger partial charge in [-0.2, -0.15) is 10.2 Å². The molecule has 8 heteroatoms. The van der Waals surface area contributed by atoms with Gasteiger partial charge in [-0.15, -0.1) is 23.5 Å². The molecule has 10 rings (SSSR count). The van der Waals surface area contributed by atoms with Crippen molar-refractivity contribution in [3.05, 3.63) is 142 Å². The molecule has 0 saturated carbocycles. The molecule has 0 radical (unpaired) electrons. The van der Waals surface area contributed by atoms with E-state index in [-0.39, 0.29) is 22.9 Å². The Hall–Kier alpha value is -4.40. The Bertz CT molecular complexity index is 2220. The third-order valence-electron chi connectivity index (χ3n) is 12.8. The Morgan fingerprint density at radius 3 is 1.43 bits per heavy atom. The maximum Gasteiger partial charge on any atom is 0.105 e. The average molecular weight is 735 g/mol. The lowest BCUT2D eigenvalue weighted by Gasteiger charge is -2.48. The Morgan fingerprint density at radius 2 is 1.02 bits per heavy atom. The van der Waals surface area contributed by atoms with Crippen molar-refractivity contribution in [2.24, 2.45) is 11.8 Å². The molecule has 2 aromatic heterocycles. The van der Waals surface area contributed by atoms with E-state index in [0.29, 0.717) is 11.8 Å². The van der Waals surface area contributed by atoms with Gasteiger partial charge in [-0.25, -0.2) is 9.36 Å². The first-order valence-corrected chi connectivity index (χ1v) is 20.9. The van der Waals surface area contributed by atoms with Gasteiger partial charge >= 0.3 is 0 Å². The van der Waals surface area contributed by atoms with Crippen LogP contribution in [0.15, 0.2) is 107 Å². The summed E-state index contributed by atoms with van der Waals surface area (Å²) in [6.07, 6.45) is 0.915. The van der Waals surface area contributed by atoms with Gasteiger partial charge in [0.15, 0.2) is 0 Å². The molecule has 4 aliphatic heterocycles. The van der Waals surface area contributed by atoms with Gasteiger partial charge in [-0.1, -0.05) is 88.4 Å². The van der Waals surface area contributed by atoms with Crippen molar-refractivity contribution in [2.45, 2.75) is 80.9 Å². The summed E-state index contributed by atoms with van der Waals surface area (Å²) in [5.74, 6) is 3.02. The standard InChI is InChI=1S/C45H46N6S2/c1-26-38-40-34(24-52-42(38)50(48-26)30-13-9-7-10-14-30)44(3,4)32-22-28(17-19-36(32)46-40)21-29-18-20-37-33(23-29)45(5,6)35-25-53-43-39(41(35)47-37)27(2)49-51(43)31-15-11-8-12-16-31/h7-20,22-23,34-35,40-41,46-47H,21,24-25H2,1-6H3/t34-,35-,40-,41-/m1/s1. The van der Waals surface area contributed by atoms with Gasteiger partial charge in [-0.3, -0.25) is 0 Å². The van der Waals surface area contributed by atoms with Crippen molar-refractivity contribution >= 4 is 34.9 Å². The lowest BCUT2D eigenvalue weighted by molar-refractivity contribution is 0.292. The number of thioether (sulfide) groups is 2. The highest BCUT2D eigenvalue weighted by molar-refractivity contribution is 7.99. The van der Waals surface area contributed by atoms with E-state index in [1.54, 1.807) is 0 Å². The van der Waals surface area contributed by atoms with Crippen LogP contribution in [0.1, 0.15) is 84.5 Å². The third kappa shape index (κ3) is 5.08. The Labute approximate surface area is 321 Å². The second kappa shape index (κ2) is 12.1. The predicted octanol–water partition coefficient (Wildman–Crippen LogP) is 10.6. The monoisotopic (exact) mass is 734 g/mol. The fourth-order valence-corrected chi connectivity index (χ4v) is 13.0. The smallest absolute Gasteiger partial charge is 0.105 e.